The van der Waals surface area contributed by atoms with Crippen LogP contribution in [0, 0.1) is 0 Å². The number of halogens is 3. The molecule has 34 heavy (non-hydrogen) atoms. The maximum absolute atomic E-state index is 13.1. The van der Waals surface area contributed by atoms with E-state index in [2.05, 4.69) is 0 Å². The number of nitrogens with one attached hydrogen (secondary N) is 1. The van der Waals surface area contributed by atoms with Crippen molar-refractivity contribution in [3.05, 3.63) is 59.7 Å². The topological polar surface area (TPSA) is 95.9 Å². The lowest BCUT2D eigenvalue weighted by molar-refractivity contribution is -0.159. The summed E-state index contributed by atoms with van der Waals surface area (Å²) in [5.74, 6) is -2.74. The fraction of sp³-hybridized carbons (Fsp3) is 0.375. The molecule has 2 amide bonds. The van der Waals surface area contributed by atoms with Crippen molar-refractivity contribution < 1.29 is 37.4 Å². The maximum Gasteiger partial charge on any atom is 0.407 e. The zero-order valence-corrected chi connectivity index (χ0v) is 18.3. The number of carbonyl (C=O) groups is 3. The van der Waals surface area contributed by atoms with Gasteiger partial charge in [-0.1, -0.05) is 48.5 Å². The summed E-state index contributed by atoms with van der Waals surface area (Å²) in [6, 6.07) is 13.1. The Hall–Kier alpha value is -3.56. The first kappa shape index (κ1) is 23.6. The van der Waals surface area contributed by atoms with E-state index in [4.69, 9.17) is 4.74 Å². The first-order valence-electron chi connectivity index (χ1n) is 10.7. The number of nitrogens with zero attached hydrogens (tertiary/aromatic N) is 1. The average Bonchev–Trinajstić information content (AvgIpc) is 3.54. The molecule has 2 N–H and O–H groups in total. The van der Waals surface area contributed by atoms with Crippen molar-refractivity contribution >= 4 is 18.0 Å². The Kier molecular flexibility index (Phi) is 6.01. The number of benzene rings is 2. The molecule has 1 saturated carbocycles. The number of likely N-dealkylation sites (N-methyl/N-ethyl adjacent to an activating group) is 1. The van der Waals surface area contributed by atoms with Gasteiger partial charge in [0.1, 0.15) is 18.2 Å². The lowest BCUT2D eigenvalue weighted by atomic mass is 9.98. The Morgan fingerprint density at radius 2 is 1.62 bits per heavy atom. The van der Waals surface area contributed by atoms with Gasteiger partial charge in [0, 0.05) is 13.0 Å². The zero-order valence-electron chi connectivity index (χ0n) is 18.3. The molecule has 1 atom stereocenters. The standard InChI is InChI=1S/C24H23F3N2O5/c1-29(23(10-11-23)21(31)32)20(30)19(12-24(25,26)27)28-22(33)34-13-18-16-8-4-2-6-14(16)15-7-3-5-9-17(15)18/h2-9,18-19H,10-13H2,1H3,(H,28,33)(H,31,32). The highest BCUT2D eigenvalue weighted by Crippen LogP contribution is 2.44. The first-order chi connectivity index (χ1) is 16.0. The van der Waals surface area contributed by atoms with Gasteiger partial charge < -0.3 is 20.1 Å². The Balaban J connectivity index is 1.46. The fourth-order valence-electron chi connectivity index (χ4n) is 4.47. The number of hydrogen-bond donors (Lipinski definition) is 2. The minimum absolute atomic E-state index is 0.133. The number of hydrogen-bond acceptors (Lipinski definition) is 4. The SMILES string of the molecule is CN(C(=O)C(CC(F)(F)F)NC(=O)OCC1c2ccccc2-c2ccccc21)C1(C(=O)O)CC1. The van der Waals surface area contributed by atoms with Gasteiger partial charge in [-0.15, -0.1) is 0 Å². The van der Waals surface area contributed by atoms with Gasteiger partial charge in [0.15, 0.2) is 0 Å². The van der Waals surface area contributed by atoms with Crippen LogP contribution in [0.15, 0.2) is 48.5 Å². The van der Waals surface area contributed by atoms with E-state index in [1.165, 1.54) is 0 Å². The number of carboxylic acid groups (broad SMARTS) is 1. The number of aliphatic carboxylic acids is 1. The van der Waals surface area contributed by atoms with Crippen molar-refractivity contribution in [3.8, 4) is 11.1 Å². The van der Waals surface area contributed by atoms with Crippen LogP contribution < -0.4 is 5.32 Å². The van der Waals surface area contributed by atoms with E-state index in [0.29, 0.717) is 0 Å². The molecular formula is C24H23F3N2O5. The minimum atomic E-state index is -4.77. The second kappa shape index (κ2) is 8.66. The molecule has 1 unspecified atom stereocenters. The normalized spacial score (nSPS) is 16.7. The fourth-order valence-corrected chi connectivity index (χ4v) is 4.47. The molecule has 7 nitrogen and oxygen atoms in total. The predicted molar refractivity (Wildman–Crippen MR) is 115 cm³/mol. The molecular weight excluding hydrogens is 453 g/mol. The zero-order chi connectivity index (χ0) is 24.7. The number of fused-ring (bicyclic) bond motifs is 3. The molecule has 2 aromatic carbocycles. The summed E-state index contributed by atoms with van der Waals surface area (Å²) in [6.07, 6.45) is -7.32. The lowest BCUT2D eigenvalue weighted by Crippen LogP contribution is -2.54. The van der Waals surface area contributed by atoms with Crippen molar-refractivity contribution in [1.82, 2.24) is 10.2 Å². The first-order valence-corrected chi connectivity index (χ1v) is 10.7. The van der Waals surface area contributed by atoms with Crippen LogP contribution in [-0.2, 0) is 14.3 Å². The highest BCUT2D eigenvalue weighted by molar-refractivity contribution is 5.93. The third-order valence-electron chi connectivity index (χ3n) is 6.46. The van der Waals surface area contributed by atoms with Crippen LogP contribution in [-0.4, -0.2) is 59.4 Å². The average molecular weight is 476 g/mol. The number of alkyl halides is 3. The number of amides is 2. The molecule has 0 spiro atoms. The number of carbonyl (C=O) groups excluding carboxylic acids is 2. The smallest absolute Gasteiger partial charge is 0.407 e. The molecule has 180 valence electrons. The van der Waals surface area contributed by atoms with Crippen LogP contribution in [0.4, 0.5) is 18.0 Å². The van der Waals surface area contributed by atoms with Crippen molar-refractivity contribution in [2.24, 2.45) is 0 Å². The summed E-state index contributed by atoms with van der Waals surface area (Å²) in [6.45, 7) is -0.137. The molecule has 0 saturated heterocycles. The van der Waals surface area contributed by atoms with E-state index in [1.54, 1.807) is 0 Å². The highest BCUT2D eigenvalue weighted by atomic mass is 19.4. The Morgan fingerprint density at radius 1 is 1.09 bits per heavy atom. The summed E-state index contributed by atoms with van der Waals surface area (Å²) >= 11 is 0. The van der Waals surface area contributed by atoms with Crippen LogP contribution in [0.5, 0.6) is 0 Å². The van der Waals surface area contributed by atoms with E-state index < -0.39 is 42.1 Å². The molecule has 10 heteroatoms. The Bertz CT molecular complexity index is 1080. The quantitative estimate of drug-likeness (QED) is 0.632. The summed E-state index contributed by atoms with van der Waals surface area (Å²) in [5.41, 5.74) is 2.29. The van der Waals surface area contributed by atoms with Gasteiger partial charge in [-0.3, -0.25) is 4.79 Å². The van der Waals surface area contributed by atoms with Gasteiger partial charge in [-0.25, -0.2) is 9.59 Å². The molecule has 2 aliphatic rings. The van der Waals surface area contributed by atoms with Crippen LogP contribution >= 0.6 is 0 Å². The monoisotopic (exact) mass is 476 g/mol. The third-order valence-corrected chi connectivity index (χ3v) is 6.46. The summed E-state index contributed by atoms with van der Waals surface area (Å²) in [7, 11) is 1.13. The molecule has 0 radical (unpaired) electrons. The number of alkyl carbamates (subject to hydrolysis) is 1. The molecule has 4 rings (SSSR count). The second-order valence-electron chi connectivity index (χ2n) is 8.58. The predicted octanol–water partition coefficient (Wildman–Crippen LogP) is 3.92. The number of ether oxygens (including phenoxy) is 1. The van der Waals surface area contributed by atoms with Gasteiger partial charge >= 0.3 is 18.2 Å². The van der Waals surface area contributed by atoms with Gasteiger partial charge in [0.25, 0.3) is 0 Å². The number of rotatable bonds is 7. The third kappa shape index (κ3) is 4.44. The van der Waals surface area contributed by atoms with E-state index in [0.717, 1.165) is 34.2 Å². The molecule has 1 fully saturated rings. The van der Waals surface area contributed by atoms with Gasteiger partial charge in [0.05, 0.1) is 6.42 Å². The maximum atomic E-state index is 13.1. The van der Waals surface area contributed by atoms with Crippen molar-refractivity contribution in [2.75, 3.05) is 13.7 Å². The molecule has 0 aromatic heterocycles. The largest absolute Gasteiger partial charge is 0.479 e. The van der Waals surface area contributed by atoms with E-state index in [1.807, 2.05) is 53.8 Å². The molecule has 2 aliphatic carbocycles. The molecule has 0 heterocycles. The highest BCUT2D eigenvalue weighted by Gasteiger charge is 2.57. The Morgan fingerprint density at radius 3 is 2.09 bits per heavy atom. The van der Waals surface area contributed by atoms with Crippen molar-refractivity contribution in [2.45, 2.75) is 42.9 Å². The molecule has 2 aromatic rings. The Labute approximate surface area is 193 Å². The van der Waals surface area contributed by atoms with Crippen LogP contribution in [0.1, 0.15) is 36.3 Å². The van der Waals surface area contributed by atoms with Gasteiger partial charge in [-0.2, -0.15) is 13.2 Å². The van der Waals surface area contributed by atoms with Crippen molar-refractivity contribution in [1.29, 1.82) is 0 Å². The lowest BCUT2D eigenvalue weighted by Gasteiger charge is -2.29. The van der Waals surface area contributed by atoms with Gasteiger partial charge in [0.2, 0.25) is 5.91 Å². The van der Waals surface area contributed by atoms with Gasteiger partial charge in [-0.05, 0) is 35.1 Å². The summed E-state index contributed by atoms with van der Waals surface area (Å²) in [4.78, 5) is 37.4. The second-order valence-corrected chi connectivity index (χ2v) is 8.58. The van der Waals surface area contributed by atoms with Crippen LogP contribution in [0.3, 0.4) is 0 Å². The van der Waals surface area contributed by atoms with E-state index in [-0.39, 0.29) is 25.4 Å². The summed E-state index contributed by atoms with van der Waals surface area (Å²) in [5, 5.41) is 11.4. The summed E-state index contributed by atoms with van der Waals surface area (Å²) < 4.78 is 44.7. The number of carboxylic acids is 1. The van der Waals surface area contributed by atoms with Crippen LogP contribution in [0.2, 0.25) is 0 Å². The minimum Gasteiger partial charge on any atom is -0.479 e. The molecule has 0 aliphatic heterocycles. The van der Waals surface area contributed by atoms with E-state index >= 15 is 0 Å². The van der Waals surface area contributed by atoms with Crippen LogP contribution in [0.25, 0.3) is 11.1 Å². The van der Waals surface area contributed by atoms with E-state index in [9.17, 15) is 32.7 Å². The molecule has 0 bridgehead atoms. The van der Waals surface area contributed by atoms with Crippen molar-refractivity contribution in [3.63, 3.8) is 0 Å².